The van der Waals surface area contributed by atoms with E-state index in [1.807, 2.05) is 60.5 Å². The van der Waals surface area contributed by atoms with Crippen LogP contribution in [0.5, 0.6) is 5.88 Å². The number of benzene rings is 2. The summed E-state index contributed by atoms with van der Waals surface area (Å²) in [5, 5.41) is 21.8. The van der Waals surface area contributed by atoms with Crippen LogP contribution >= 0.6 is 23.2 Å². The maximum absolute atomic E-state index is 13.3. The van der Waals surface area contributed by atoms with Crippen LogP contribution in [-0.4, -0.2) is 74.5 Å². The molecule has 1 saturated heterocycles. The standard InChI is InChI=1S/C36H39Cl2N7O4/c1-21(46)18-43(2)20-31-42-45-19-23(15-30(45)36(48)44(31)3)25-7-5-8-26(33(25)37)27-9-6-10-28(34(27)38)29-13-11-22(35(41-29)49-4)16-39-17-24-12-14-32(47)40-24/h5-11,13,15,19,21,24,39,46H,12,14,16-18,20H2,1-4H3,(H,40,47)/t21-,24-/m0/s1. The molecule has 256 valence electrons. The van der Waals surface area contributed by atoms with Crippen molar-refractivity contribution in [3.8, 4) is 39.4 Å². The fraction of sp³-hybridized carbons (Fsp3) is 0.333. The predicted octanol–water partition coefficient (Wildman–Crippen LogP) is 4.93. The first-order valence-electron chi connectivity index (χ1n) is 16.1. The van der Waals surface area contributed by atoms with E-state index in [0.717, 1.165) is 39.8 Å². The molecule has 0 radical (unpaired) electrons. The van der Waals surface area contributed by atoms with Crippen LogP contribution in [0.25, 0.3) is 39.0 Å². The minimum absolute atomic E-state index is 0.0914. The number of rotatable bonds is 12. The molecule has 2 atom stereocenters. The molecule has 0 bridgehead atoms. The summed E-state index contributed by atoms with van der Waals surface area (Å²) in [6.45, 7) is 3.77. The van der Waals surface area contributed by atoms with E-state index < -0.39 is 6.10 Å². The average molecular weight is 705 g/mol. The number of nitrogens with zero attached hydrogens (tertiary/aromatic N) is 5. The Morgan fingerprint density at radius 1 is 1.08 bits per heavy atom. The number of nitrogens with one attached hydrogen (secondary N) is 2. The van der Waals surface area contributed by atoms with Crippen LogP contribution in [0.1, 0.15) is 31.2 Å². The Kier molecular flexibility index (Phi) is 10.4. The molecule has 13 heteroatoms. The number of aliphatic hydroxyl groups is 1. The van der Waals surface area contributed by atoms with Gasteiger partial charge < -0.3 is 20.5 Å². The van der Waals surface area contributed by atoms with Gasteiger partial charge >= 0.3 is 0 Å². The van der Waals surface area contributed by atoms with E-state index in [1.165, 1.54) is 4.57 Å². The molecule has 1 amide bonds. The molecule has 5 aromatic rings. The SMILES string of the molecule is COc1nc(-c2cccc(-c3cccc(-c4cc5c(=O)n(C)c(CN(C)C[C@H](C)O)nn5c4)c3Cl)c2Cl)ccc1CNC[C@@H]1CCC(=O)N1. The van der Waals surface area contributed by atoms with Gasteiger partial charge in [-0.05, 0) is 32.5 Å². The highest BCUT2D eigenvalue weighted by molar-refractivity contribution is 6.39. The molecule has 4 heterocycles. The molecule has 0 unspecified atom stereocenters. The van der Waals surface area contributed by atoms with Gasteiger partial charge in [0.15, 0.2) is 0 Å². The molecular formula is C36H39Cl2N7O4. The molecule has 1 aliphatic rings. The summed E-state index contributed by atoms with van der Waals surface area (Å²) in [5.74, 6) is 1.15. The number of likely N-dealkylation sites (N-methyl/N-ethyl adjacent to an activating group) is 1. The molecule has 0 spiro atoms. The Balaban J connectivity index is 1.28. The lowest BCUT2D eigenvalue weighted by atomic mass is 9.97. The minimum Gasteiger partial charge on any atom is -0.481 e. The van der Waals surface area contributed by atoms with Crippen LogP contribution in [0.2, 0.25) is 10.0 Å². The first kappa shape index (κ1) is 34.6. The highest BCUT2D eigenvalue weighted by Gasteiger charge is 2.21. The summed E-state index contributed by atoms with van der Waals surface area (Å²) in [4.78, 5) is 31.5. The van der Waals surface area contributed by atoms with Crippen LogP contribution in [0.4, 0.5) is 0 Å². The van der Waals surface area contributed by atoms with Crippen molar-refractivity contribution < 1.29 is 14.6 Å². The zero-order chi connectivity index (χ0) is 34.8. The Morgan fingerprint density at radius 3 is 2.45 bits per heavy atom. The van der Waals surface area contributed by atoms with Gasteiger partial charge in [0, 0.05) is 78.7 Å². The molecule has 1 aliphatic heterocycles. The number of hydrogen-bond donors (Lipinski definition) is 3. The number of carbonyl (C=O) groups is 1. The maximum atomic E-state index is 13.3. The van der Waals surface area contributed by atoms with E-state index in [2.05, 4.69) is 10.6 Å². The smallest absolute Gasteiger partial charge is 0.277 e. The third-order valence-electron chi connectivity index (χ3n) is 8.72. The normalized spacial score (nSPS) is 15.3. The lowest BCUT2D eigenvalue weighted by Gasteiger charge is -2.19. The Bertz CT molecular complexity index is 2080. The van der Waals surface area contributed by atoms with Gasteiger partial charge in [0.05, 0.1) is 35.5 Å². The third-order valence-corrected chi connectivity index (χ3v) is 9.53. The molecule has 11 nitrogen and oxygen atoms in total. The van der Waals surface area contributed by atoms with Crippen molar-refractivity contribution in [2.45, 2.75) is 45.0 Å². The van der Waals surface area contributed by atoms with Crippen molar-refractivity contribution in [2.75, 3.05) is 27.2 Å². The van der Waals surface area contributed by atoms with Gasteiger partial charge in [-0.1, -0.05) is 65.7 Å². The highest BCUT2D eigenvalue weighted by Crippen LogP contribution is 2.42. The number of fused-ring (bicyclic) bond motifs is 1. The number of carbonyl (C=O) groups excluding carboxylic acids is 1. The lowest BCUT2D eigenvalue weighted by molar-refractivity contribution is -0.119. The lowest BCUT2D eigenvalue weighted by Crippen LogP contribution is -2.35. The monoisotopic (exact) mass is 703 g/mol. The highest BCUT2D eigenvalue weighted by atomic mass is 35.5. The number of methoxy groups -OCH3 is 1. The van der Waals surface area contributed by atoms with E-state index in [1.54, 1.807) is 37.9 Å². The van der Waals surface area contributed by atoms with Crippen molar-refractivity contribution >= 4 is 34.6 Å². The maximum Gasteiger partial charge on any atom is 0.277 e. The van der Waals surface area contributed by atoms with Gasteiger partial charge in [-0.25, -0.2) is 9.50 Å². The Labute approximate surface area is 294 Å². The van der Waals surface area contributed by atoms with Gasteiger partial charge in [0.25, 0.3) is 5.56 Å². The first-order valence-corrected chi connectivity index (χ1v) is 16.9. The van der Waals surface area contributed by atoms with Crippen LogP contribution in [0.3, 0.4) is 0 Å². The topological polar surface area (TPSA) is 126 Å². The predicted molar refractivity (Wildman–Crippen MR) is 192 cm³/mol. The summed E-state index contributed by atoms with van der Waals surface area (Å²) in [7, 11) is 5.16. The summed E-state index contributed by atoms with van der Waals surface area (Å²) in [5.41, 5.74) is 5.44. The summed E-state index contributed by atoms with van der Waals surface area (Å²) in [6, 6.07) is 17.3. The third kappa shape index (κ3) is 7.36. The Hall–Kier alpha value is -4.26. The van der Waals surface area contributed by atoms with Gasteiger partial charge in [-0.15, -0.1) is 0 Å². The number of aliphatic hydroxyl groups excluding tert-OH is 1. The van der Waals surface area contributed by atoms with Crippen molar-refractivity contribution in [2.24, 2.45) is 7.05 Å². The quantitative estimate of drug-likeness (QED) is 0.167. The number of aromatic nitrogens is 4. The van der Waals surface area contributed by atoms with Crippen molar-refractivity contribution in [1.82, 2.24) is 34.7 Å². The zero-order valence-corrected chi connectivity index (χ0v) is 29.3. The van der Waals surface area contributed by atoms with Gasteiger partial charge in [-0.2, -0.15) is 5.10 Å². The molecule has 0 saturated carbocycles. The molecule has 49 heavy (non-hydrogen) atoms. The molecular weight excluding hydrogens is 665 g/mol. The van der Waals surface area contributed by atoms with E-state index in [0.29, 0.717) is 65.6 Å². The number of pyridine rings is 1. The molecule has 3 N–H and O–H groups in total. The van der Waals surface area contributed by atoms with E-state index in [4.69, 9.17) is 38.0 Å². The fourth-order valence-electron chi connectivity index (χ4n) is 6.26. The number of ether oxygens (including phenoxy) is 1. The fourth-order valence-corrected chi connectivity index (χ4v) is 6.92. The van der Waals surface area contributed by atoms with Crippen LogP contribution in [0, 0.1) is 0 Å². The number of amides is 1. The van der Waals surface area contributed by atoms with E-state index >= 15 is 0 Å². The Morgan fingerprint density at radius 2 is 1.78 bits per heavy atom. The minimum atomic E-state index is -0.501. The number of hydrogen-bond acceptors (Lipinski definition) is 8. The summed E-state index contributed by atoms with van der Waals surface area (Å²) >= 11 is 14.2. The second-order valence-electron chi connectivity index (χ2n) is 12.5. The molecule has 3 aromatic heterocycles. The largest absolute Gasteiger partial charge is 0.481 e. The first-order chi connectivity index (χ1) is 23.5. The summed E-state index contributed by atoms with van der Waals surface area (Å²) in [6.07, 6.45) is 2.69. The van der Waals surface area contributed by atoms with Crippen LogP contribution < -0.4 is 20.9 Å². The average Bonchev–Trinajstić information content (AvgIpc) is 3.69. The van der Waals surface area contributed by atoms with Crippen molar-refractivity contribution in [1.29, 1.82) is 0 Å². The van der Waals surface area contributed by atoms with E-state index in [-0.39, 0.29) is 17.5 Å². The van der Waals surface area contributed by atoms with Gasteiger partial charge in [0.2, 0.25) is 11.8 Å². The number of halogens is 2. The van der Waals surface area contributed by atoms with Crippen molar-refractivity contribution in [3.05, 3.63) is 92.6 Å². The molecule has 6 rings (SSSR count). The molecule has 0 aliphatic carbocycles. The molecule has 2 aromatic carbocycles. The second-order valence-corrected chi connectivity index (χ2v) is 13.3. The second kappa shape index (κ2) is 14.7. The van der Waals surface area contributed by atoms with E-state index in [9.17, 15) is 14.7 Å². The molecule has 1 fully saturated rings. The van der Waals surface area contributed by atoms with Gasteiger partial charge in [0.1, 0.15) is 11.3 Å². The zero-order valence-electron chi connectivity index (χ0n) is 27.8. The van der Waals surface area contributed by atoms with Gasteiger partial charge in [-0.3, -0.25) is 19.1 Å². The van der Waals surface area contributed by atoms with Crippen LogP contribution in [-0.2, 0) is 24.9 Å². The van der Waals surface area contributed by atoms with Crippen molar-refractivity contribution in [3.63, 3.8) is 0 Å². The summed E-state index contributed by atoms with van der Waals surface area (Å²) < 4.78 is 8.76. The van der Waals surface area contributed by atoms with Crippen LogP contribution in [0.15, 0.2) is 65.6 Å².